The highest BCUT2D eigenvalue weighted by atomic mass is 32.2. The fraction of sp³-hybridized carbons (Fsp3) is 0.794. The molecule has 0 saturated heterocycles. The van der Waals surface area contributed by atoms with E-state index in [1.807, 2.05) is 0 Å². The van der Waals surface area contributed by atoms with Gasteiger partial charge >= 0.3 is 39.8 Å². The van der Waals surface area contributed by atoms with Crippen LogP contribution in [0.2, 0.25) is 0 Å². The van der Waals surface area contributed by atoms with Gasteiger partial charge in [0, 0.05) is 41.1 Å². The second-order valence-electron chi connectivity index (χ2n) is 15.1. The second kappa shape index (κ2) is 23.2. The molecule has 4 rings (SSSR count). The lowest BCUT2D eigenvalue weighted by atomic mass is 9.52. The fourth-order valence-electron chi connectivity index (χ4n) is 8.61. The van der Waals surface area contributed by atoms with Crippen LogP contribution in [0.25, 0.3) is 0 Å². The summed E-state index contributed by atoms with van der Waals surface area (Å²) >= 11 is 0. The van der Waals surface area contributed by atoms with Crippen molar-refractivity contribution in [2.24, 2.45) is 23.2 Å². The number of carbonyl (C=O) groups excluding carboxylic acids is 1. The first-order valence-electron chi connectivity index (χ1n) is 19.0. The molecule has 1 aromatic carbocycles. The first-order chi connectivity index (χ1) is 26.3. The monoisotopic (exact) mass is 893 g/mol. The molecule has 0 radical (unpaired) electrons. The summed E-state index contributed by atoms with van der Waals surface area (Å²) in [5.41, 5.74) is 3.12. The smallest absolute Gasteiger partial charge is 0.462 e. The summed E-state index contributed by atoms with van der Waals surface area (Å²) in [6, 6.07) is 9.00. The second-order valence-corrected chi connectivity index (χ2v) is 16.8. The highest BCUT2D eigenvalue weighted by Crippen LogP contribution is 2.63. The van der Waals surface area contributed by atoms with Crippen LogP contribution in [0.15, 0.2) is 24.3 Å². The van der Waals surface area contributed by atoms with Crippen molar-refractivity contribution >= 4 is 38.5 Å². The molecule has 3 aliphatic rings. The zero-order chi connectivity index (χ0) is 44.8. The average molecular weight is 893 g/mol. The maximum Gasteiger partial charge on any atom is 0.673 e. The van der Waals surface area contributed by atoms with Crippen molar-refractivity contribution in [3.63, 3.8) is 0 Å². The Morgan fingerprint density at radius 1 is 0.741 bits per heavy atom. The van der Waals surface area contributed by atoms with Crippen molar-refractivity contribution < 1.29 is 87.5 Å². The molecule has 3 aliphatic carbocycles. The highest BCUT2D eigenvalue weighted by molar-refractivity contribution is 7.84. The Balaban J connectivity index is 0.000000955. The molecule has 2 fully saturated rings. The number of hydrogen-bond donors (Lipinski definition) is 0. The third-order valence-corrected chi connectivity index (χ3v) is 12.2. The number of unbranched alkanes of at least 4 members (excludes halogenated alkanes) is 6. The lowest BCUT2D eigenvalue weighted by Gasteiger charge is -2.53. The van der Waals surface area contributed by atoms with Gasteiger partial charge in [-0.25, -0.2) is 0 Å². The van der Waals surface area contributed by atoms with Crippen molar-refractivity contribution in [1.82, 2.24) is 0 Å². The molecule has 0 N–H and O–H groups in total. The zero-order valence-corrected chi connectivity index (χ0v) is 32.8. The van der Waals surface area contributed by atoms with Gasteiger partial charge in [-0.3, -0.25) is 9.00 Å². The van der Waals surface area contributed by atoms with Crippen LogP contribution in [0, 0.1) is 23.2 Å². The van der Waals surface area contributed by atoms with E-state index in [0.29, 0.717) is 35.8 Å². The van der Waals surface area contributed by atoms with Crippen LogP contribution in [0.4, 0.5) is 73.7 Å². The maximum absolute atomic E-state index is 13.0. The minimum absolute atomic E-state index is 0.0327. The number of hydrogen-bond acceptors (Lipinski definition) is 3. The van der Waals surface area contributed by atoms with Gasteiger partial charge in [0.05, 0.1) is 0 Å². The molecule has 0 spiro atoms. The number of ether oxygens (including phenoxy) is 1. The zero-order valence-electron chi connectivity index (χ0n) is 32.0. The Labute approximate surface area is 330 Å². The van der Waals surface area contributed by atoms with E-state index in [2.05, 4.69) is 31.2 Å². The number of esters is 1. The summed E-state index contributed by atoms with van der Waals surface area (Å²) in [6.07, 6.45) is 6.76. The molecule has 0 aromatic heterocycles. The summed E-state index contributed by atoms with van der Waals surface area (Å²) in [7, 11) is -19.3. The minimum Gasteiger partial charge on any atom is -0.462 e. The van der Waals surface area contributed by atoms with E-state index in [4.69, 9.17) is 4.74 Å². The summed E-state index contributed by atoms with van der Waals surface area (Å²) < 4.78 is 198. The molecule has 0 amide bonds. The number of carbonyl (C=O) groups is 1. The first-order valence-corrected chi connectivity index (χ1v) is 20.5. The van der Waals surface area contributed by atoms with Gasteiger partial charge in [-0.05, 0) is 86.2 Å². The molecule has 3 nitrogen and oxygen atoms in total. The standard InChI is InChI=1S/C34H49F5O3S.3BF4/c1-24(40)42-30-17-16-29-31-26(23-25-13-9-10-15-27(25)28(31)18-20-32(29,30)2)14-8-6-4-3-5-7-11-21-43(41)22-12-19-33(35,36)34(37,38)39;3*2-1(3,4)5/h9-10,13,15,26,28-31H,3-8,11-12,14,16-23H2,1-2H3;;;/q;3*-1/t26-,28-,29+,30+,31-,32+,43?;;;/m1.../s1. The Morgan fingerprint density at radius 3 is 1.74 bits per heavy atom. The maximum atomic E-state index is 13.0. The van der Waals surface area contributed by atoms with Gasteiger partial charge in [0.1, 0.15) is 6.10 Å². The molecular formula is C34H49B3F17O3S-3. The van der Waals surface area contributed by atoms with Crippen LogP contribution < -0.4 is 0 Å². The van der Waals surface area contributed by atoms with Gasteiger partial charge in [0.15, 0.2) is 0 Å². The van der Waals surface area contributed by atoms with Crippen LogP contribution in [0.5, 0.6) is 0 Å². The van der Waals surface area contributed by atoms with Crippen molar-refractivity contribution in [3.8, 4) is 0 Å². The SMILES string of the molecule is CC(=O)O[C@H]1CC[C@H]2[C@@H]3[C@H](CCCCCCCCCS(=O)CCCC(F)(F)C(F)(F)F)Cc4ccccc4[C@H]3CC[C@]12C.F[B-](F)(F)F.F[B-](F)(F)F.F[B-](F)(F)F. The number of rotatable bonds is 15. The van der Waals surface area contributed by atoms with E-state index in [1.165, 1.54) is 31.7 Å². The van der Waals surface area contributed by atoms with Crippen LogP contribution >= 0.6 is 0 Å². The number of fused-ring (bicyclic) bond motifs is 5. The summed E-state index contributed by atoms with van der Waals surface area (Å²) in [4.78, 5) is 11.8. The highest BCUT2D eigenvalue weighted by Gasteiger charge is 2.58. The van der Waals surface area contributed by atoms with E-state index < -0.39 is 51.1 Å². The Hall–Kier alpha value is -2.16. The van der Waals surface area contributed by atoms with E-state index in [0.717, 1.165) is 57.8 Å². The van der Waals surface area contributed by atoms with Crippen LogP contribution in [0.3, 0.4) is 0 Å². The summed E-state index contributed by atoms with van der Waals surface area (Å²) in [5.74, 6) is -2.16. The van der Waals surface area contributed by atoms with Crippen LogP contribution in [-0.4, -0.2) is 61.6 Å². The van der Waals surface area contributed by atoms with Gasteiger partial charge in [0.2, 0.25) is 0 Å². The van der Waals surface area contributed by atoms with Gasteiger partial charge in [-0.15, -0.1) is 0 Å². The molecule has 340 valence electrons. The van der Waals surface area contributed by atoms with Gasteiger partial charge < -0.3 is 56.5 Å². The van der Waals surface area contributed by atoms with Crippen molar-refractivity contribution in [1.29, 1.82) is 0 Å². The Kier molecular flexibility index (Phi) is 21.5. The number of halogens is 17. The van der Waals surface area contributed by atoms with E-state index in [9.17, 15) is 82.7 Å². The fourth-order valence-corrected chi connectivity index (χ4v) is 9.80. The predicted molar refractivity (Wildman–Crippen MR) is 191 cm³/mol. The normalized spacial score (nSPS) is 24.9. The Morgan fingerprint density at radius 2 is 1.22 bits per heavy atom. The molecule has 2 saturated carbocycles. The third kappa shape index (κ3) is 21.4. The van der Waals surface area contributed by atoms with Gasteiger partial charge in [-0.1, -0.05) is 69.7 Å². The van der Waals surface area contributed by atoms with Crippen molar-refractivity contribution in [2.45, 2.75) is 134 Å². The lowest BCUT2D eigenvalue weighted by Crippen LogP contribution is -2.48. The molecule has 1 unspecified atom stereocenters. The molecule has 0 heterocycles. The van der Waals surface area contributed by atoms with Crippen LogP contribution in [0.1, 0.15) is 121 Å². The molecule has 7 atom stereocenters. The number of alkyl halides is 5. The summed E-state index contributed by atoms with van der Waals surface area (Å²) in [5, 5.41) is 0. The molecular weight excluding hydrogens is 844 g/mol. The molecule has 0 bridgehead atoms. The van der Waals surface area contributed by atoms with Gasteiger partial charge in [0.25, 0.3) is 0 Å². The molecule has 0 aliphatic heterocycles. The largest absolute Gasteiger partial charge is 0.673 e. The van der Waals surface area contributed by atoms with Crippen molar-refractivity contribution in [2.75, 3.05) is 11.5 Å². The number of benzene rings is 1. The van der Waals surface area contributed by atoms with Crippen LogP contribution in [-0.2, 0) is 26.8 Å². The van der Waals surface area contributed by atoms with Gasteiger partial charge in [-0.2, -0.15) is 22.0 Å². The minimum atomic E-state index is -6.00. The Bertz CT molecular complexity index is 1350. The predicted octanol–water partition coefficient (Wildman–Crippen LogP) is 13.4. The van der Waals surface area contributed by atoms with E-state index in [-0.39, 0.29) is 29.7 Å². The molecule has 58 heavy (non-hydrogen) atoms. The third-order valence-electron chi connectivity index (χ3n) is 10.8. The van der Waals surface area contributed by atoms with E-state index in [1.54, 1.807) is 5.56 Å². The lowest BCUT2D eigenvalue weighted by molar-refractivity contribution is -0.284. The summed E-state index contributed by atoms with van der Waals surface area (Å²) in [6.45, 7) is 3.90. The van der Waals surface area contributed by atoms with E-state index >= 15 is 0 Å². The molecule has 1 aromatic rings. The topological polar surface area (TPSA) is 43.4 Å². The first kappa shape index (κ1) is 53.9. The van der Waals surface area contributed by atoms with Crippen molar-refractivity contribution in [3.05, 3.63) is 35.4 Å². The molecule has 24 heteroatoms. The average Bonchev–Trinajstić information content (AvgIpc) is 3.35. The quantitative estimate of drug-likeness (QED) is 0.0763.